The standard InChI is InChI=1S/C16H19N3O/c1-17-15-10-9-14(12-18-15)19(2)16(20)11-8-13-6-4-3-5-7-13/h3-7,9-10,12H,8,11H2,1-2H3,(H,17,18). The van der Waals surface area contributed by atoms with Crippen molar-refractivity contribution in [2.24, 2.45) is 0 Å². The maximum atomic E-state index is 12.2. The van der Waals surface area contributed by atoms with Crippen LogP contribution in [0.2, 0.25) is 0 Å². The zero-order valence-electron chi connectivity index (χ0n) is 11.8. The number of amides is 1. The highest BCUT2D eigenvalue weighted by molar-refractivity contribution is 5.92. The fourth-order valence-electron chi connectivity index (χ4n) is 1.94. The van der Waals surface area contributed by atoms with Gasteiger partial charge in [-0.2, -0.15) is 0 Å². The summed E-state index contributed by atoms with van der Waals surface area (Å²) in [6.45, 7) is 0. The summed E-state index contributed by atoms with van der Waals surface area (Å²) in [5.41, 5.74) is 1.99. The van der Waals surface area contributed by atoms with Crippen molar-refractivity contribution in [2.75, 3.05) is 24.3 Å². The number of nitrogens with one attached hydrogen (secondary N) is 1. The third-order valence-electron chi connectivity index (χ3n) is 3.24. The first-order valence-corrected chi connectivity index (χ1v) is 6.65. The first kappa shape index (κ1) is 14.1. The van der Waals surface area contributed by atoms with E-state index < -0.39 is 0 Å². The zero-order valence-corrected chi connectivity index (χ0v) is 11.8. The molecular weight excluding hydrogens is 250 g/mol. The normalized spacial score (nSPS) is 10.1. The molecule has 0 saturated carbocycles. The molecule has 0 spiro atoms. The Kier molecular flexibility index (Phi) is 4.71. The quantitative estimate of drug-likeness (QED) is 0.907. The minimum absolute atomic E-state index is 0.0906. The number of anilines is 2. The maximum absolute atomic E-state index is 12.2. The molecule has 2 rings (SSSR count). The van der Waals surface area contributed by atoms with E-state index in [0.29, 0.717) is 6.42 Å². The second-order valence-electron chi connectivity index (χ2n) is 4.59. The van der Waals surface area contributed by atoms with E-state index in [4.69, 9.17) is 0 Å². The van der Waals surface area contributed by atoms with Gasteiger partial charge in [-0.1, -0.05) is 30.3 Å². The highest BCUT2D eigenvalue weighted by Gasteiger charge is 2.11. The molecule has 0 radical (unpaired) electrons. The number of aryl methyl sites for hydroxylation is 1. The molecule has 4 heteroatoms. The number of benzene rings is 1. The van der Waals surface area contributed by atoms with E-state index in [9.17, 15) is 4.79 Å². The third-order valence-corrected chi connectivity index (χ3v) is 3.24. The topological polar surface area (TPSA) is 45.2 Å². The van der Waals surface area contributed by atoms with Crippen molar-refractivity contribution in [2.45, 2.75) is 12.8 Å². The van der Waals surface area contributed by atoms with Crippen LogP contribution in [0.15, 0.2) is 48.7 Å². The minimum atomic E-state index is 0.0906. The van der Waals surface area contributed by atoms with Crippen LogP contribution in [-0.2, 0) is 11.2 Å². The molecule has 0 atom stereocenters. The number of aromatic nitrogens is 1. The van der Waals surface area contributed by atoms with E-state index in [1.54, 1.807) is 18.1 Å². The Balaban J connectivity index is 1.94. The molecule has 2 aromatic rings. The van der Waals surface area contributed by atoms with Gasteiger partial charge >= 0.3 is 0 Å². The number of rotatable bonds is 5. The van der Waals surface area contributed by atoms with Gasteiger partial charge in [0.05, 0.1) is 11.9 Å². The average molecular weight is 269 g/mol. The van der Waals surface area contributed by atoms with Gasteiger partial charge in [-0.05, 0) is 24.1 Å². The first-order valence-electron chi connectivity index (χ1n) is 6.65. The fraction of sp³-hybridized carbons (Fsp3) is 0.250. The van der Waals surface area contributed by atoms with Crippen LogP contribution in [0.3, 0.4) is 0 Å². The summed E-state index contributed by atoms with van der Waals surface area (Å²) in [7, 11) is 3.60. The van der Waals surface area contributed by atoms with Crippen molar-refractivity contribution in [3.05, 3.63) is 54.2 Å². The van der Waals surface area contributed by atoms with E-state index in [1.807, 2.05) is 49.5 Å². The molecule has 0 aliphatic carbocycles. The van der Waals surface area contributed by atoms with Crippen molar-refractivity contribution >= 4 is 17.4 Å². The molecule has 0 aliphatic rings. The highest BCUT2D eigenvalue weighted by Crippen LogP contribution is 2.15. The monoisotopic (exact) mass is 269 g/mol. The Morgan fingerprint density at radius 1 is 1.20 bits per heavy atom. The van der Waals surface area contributed by atoms with Gasteiger partial charge in [0, 0.05) is 20.5 Å². The molecule has 104 valence electrons. The summed E-state index contributed by atoms with van der Waals surface area (Å²) in [4.78, 5) is 18.0. The lowest BCUT2D eigenvalue weighted by molar-refractivity contribution is -0.118. The molecule has 1 heterocycles. The van der Waals surface area contributed by atoms with Gasteiger partial charge in [-0.25, -0.2) is 4.98 Å². The second-order valence-corrected chi connectivity index (χ2v) is 4.59. The molecule has 1 aromatic heterocycles. The van der Waals surface area contributed by atoms with Gasteiger partial charge in [0.2, 0.25) is 5.91 Å². The summed E-state index contributed by atoms with van der Waals surface area (Å²) in [5, 5.41) is 2.95. The van der Waals surface area contributed by atoms with Crippen LogP contribution >= 0.6 is 0 Å². The lowest BCUT2D eigenvalue weighted by Gasteiger charge is -2.17. The van der Waals surface area contributed by atoms with Gasteiger partial charge in [-0.3, -0.25) is 4.79 Å². The van der Waals surface area contributed by atoms with Crippen LogP contribution in [0, 0.1) is 0 Å². The number of carbonyl (C=O) groups is 1. The van der Waals surface area contributed by atoms with Crippen LogP contribution in [0.1, 0.15) is 12.0 Å². The average Bonchev–Trinajstić information content (AvgIpc) is 2.53. The molecule has 0 saturated heterocycles. The van der Waals surface area contributed by atoms with Crippen LogP contribution in [0.4, 0.5) is 11.5 Å². The summed E-state index contributed by atoms with van der Waals surface area (Å²) >= 11 is 0. The lowest BCUT2D eigenvalue weighted by Crippen LogP contribution is -2.26. The number of hydrogen-bond donors (Lipinski definition) is 1. The molecule has 1 aromatic carbocycles. The molecular formula is C16H19N3O. The molecule has 0 bridgehead atoms. The molecule has 0 aliphatic heterocycles. The van der Waals surface area contributed by atoms with Crippen LogP contribution < -0.4 is 10.2 Å². The van der Waals surface area contributed by atoms with E-state index in [-0.39, 0.29) is 5.91 Å². The molecule has 4 nitrogen and oxygen atoms in total. The molecule has 1 N–H and O–H groups in total. The van der Waals surface area contributed by atoms with Crippen molar-refractivity contribution in [1.82, 2.24) is 4.98 Å². The maximum Gasteiger partial charge on any atom is 0.227 e. The first-order chi connectivity index (χ1) is 9.70. The summed E-state index contributed by atoms with van der Waals surface area (Å²) in [6, 6.07) is 13.8. The van der Waals surface area contributed by atoms with Crippen molar-refractivity contribution in [3.8, 4) is 0 Å². The smallest absolute Gasteiger partial charge is 0.227 e. The predicted octanol–water partition coefficient (Wildman–Crippen LogP) is 2.72. The zero-order chi connectivity index (χ0) is 14.4. The SMILES string of the molecule is CNc1ccc(N(C)C(=O)CCc2ccccc2)cn1. The molecule has 20 heavy (non-hydrogen) atoms. The Labute approximate surface area is 119 Å². The number of nitrogens with zero attached hydrogens (tertiary/aromatic N) is 2. The number of pyridine rings is 1. The Morgan fingerprint density at radius 3 is 2.55 bits per heavy atom. The minimum Gasteiger partial charge on any atom is -0.373 e. The largest absolute Gasteiger partial charge is 0.373 e. The third kappa shape index (κ3) is 3.57. The van der Waals surface area contributed by atoms with Crippen molar-refractivity contribution < 1.29 is 4.79 Å². The predicted molar refractivity (Wildman–Crippen MR) is 82.0 cm³/mol. The van der Waals surface area contributed by atoms with E-state index in [1.165, 1.54) is 5.56 Å². The number of carbonyl (C=O) groups excluding carboxylic acids is 1. The lowest BCUT2D eigenvalue weighted by atomic mass is 10.1. The second kappa shape index (κ2) is 6.70. The summed E-state index contributed by atoms with van der Waals surface area (Å²) < 4.78 is 0. The molecule has 0 fully saturated rings. The van der Waals surface area contributed by atoms with Gasteiger partial charge < -0.3 is 10.2 Å². The van der Waals surface area contributed by atoms with Gasteiger partial charge in [0.25, 0.3) is 0 Å². The Morgan fingerprint density at radius 2 is 1.95 bits per heavy atom. The van der Waals surface area contributed by atoms with Gasteiger partial charge in [0.1, 0.15) is 5.82 Å². The molecule has 0 unspecified atom stereocenters. The number of hydrogen-bond acceptors (Lipinski definition) is 3. The van der Waals surface area contributed by atoms with E-state index in [0.717, 1.165) is 17.9 Å². The molecule has 1 amide bonds. The van der Waals surface area contributed by atoms with Crippen molar-refractivity contribution in [3.63, 3.8) is 0 Å². The van der Waals surface area contributed by atoms with Crippen LogP contribution in [0.5, 0.6) is 0 Å². The van der Waals surface area contributed by atoms with E-state index >= 15 is 0 Å². The van der Waals surface area contributed by atoms with Gasteiger partial charge in [0.15, 0.2) is 0 Å². The Hall–Kier alpha value is -2.36. The highest BCUT2D eigenvalue weighted by atomic mass is 16.2. The van der Waals surface area contributed by atoms with Gasteiger partial charge in [-0.15, -0.1) is 0 Å². The Bertz CT molecular complexity index is 552. The van der Waals surface area contributed by atoms with Crippen LogP contribution in [0.25, 0.3) is 0 Å². The summed E-state index contributed by atoms with van der Waals surface area (Å²) in [6.07, 6.45) is 2.95. The fourth-order valence-corrected chi connectivity index (χ4v) is 1.94. The van der Waals surface area contributed by atoms with Crippen LogP contribution in [-0.4, -0.2) is 25.0 Å². The summed E-state index contributed by atoms with van der Waals surface area (Å²) in [5.74, 6) is 0.881. The van der Waals surface area contributed by atoms with E-state index in [2.05, 4.69) is 10.3 Å². The van der Waals surface area contributed by atoms with Crippen molar-refractivity contribution in [1.29, 1.82) is 0 Å².